The molecule has 210 valence electrons. The fourth-order valence-electron chi connectivity index (χ4n) is 3.66. The molecule has 0 aliphatic rings. The molecule has 2 aromatic carbocycles. The molecule has 10 nitrogen and oxygen atoms in total. The van der Waals surface area contributed by atoms with Gasteiger partial charge in [-0.1, -0.05) is 74.5 Å². The molecule has 0 heterocycles. The van der Waals surface area contributed by atoms with Crippen LogP contribution in [-0.4, -0.2) is 53.6 Å². The van der Waals surface area contributed by atoms with Crippen LogP contribution >= 0.6 is 12.6 Å². The Hall–Kier alpha value is -3.86. The van der Waals surface area contributed by atoms with Gasteiger partial charge >= 0.3 is 6.09 Å². The van der Waals surface area contributed by atoms with Crippen molar-refractivity contribution in [3.05, 3.63) is 71.8 Å². The highest BCUT2D eigenvalue weighted by Gasteiger charge is 2.30. The van der Waals surface area contributed by atoms with Gasteiger partial charge in [-0.25, -0.2) is 4.79 Å². The molecule has 0 saturated heterocycles. The monoisotopic (exact) mass is 556 g/mol. The Labute approximate surface area is 234 Å². The van der Waals surface area contributed by atoms with Crippen LogP contribution in [0.25, 0.3) is 0 Å². The maximum Gasteiger partial charge on any atom is 0.408 e. The minimum Gasteiger partial charge on any atom is -0.445 e. The lowest BCUT2D eigenvalue weighted by molar-refractivity contribution is -0.131. The second kappa shape index (κ2) is 16.2. The molecule has 0 radical (unpaired) electrons. The number of hydrogen-bond acceptors (Lipinski definition) is 6. The number of benzene rings is 2. The van der Waals surface area contributed by atoms with Gasteiger partial charge in [0.05, 0.1) is 0 Å². The van der Waals surface area contributed by atoms with Crippen molar-refractivity contribution in [2.24, 2.45) is 5.92 Å². The summed E-state index contributed by atoms with van der Waals surface area (Å²) in [7, 11) is 0. The van der Waals surface area contributed by atoms with Gasteiger partial charge in [-0.15, -0.1) is 12.6 Å². The molecule has 2 aromatic rings. The number of alkyl carbamates (subject to hydrolysis) is 1. The predicted octanol–water partition coefficient (Wildman–Crippen LogP) is 2.13. The van der Waals surface area contributed by atoms with Gasteiger partial charge in [0.25, 0.3) is 0 Å². The van der Waals surface area contributed by atoms with Crippen molar-refractivity contribution >= 4 is 41.6 Å². The Kier molecular flexibility index (Phi) is 13.0. The SMILES string of the molecule is CC(=O)NC[C@H](NC(=O)[C@H](Cc1ccccc1)NC(=O)[C@H](CC(C)C)NC(=O)OCc1ccccc1)C(=O)S. The third-order valence-electron chi connectivity index (χ3n) is 5.61. The largest absolute Gasteiger partial charge is 0.445 e. The van der Waals surface area contributed by atoms with Crippen molar-refractivity contribution in [2.45, 2.75) is 58.3 Å². The van der Waals surface area contributed by atoms with Gasteiger partial charge in [-0.3, -0.25) is 19.2 Å². The third kappa shape index (κ3) is 12.0. The average Bonchev–Trinajstić information content (AvgIpc) is 2.89. The summed E-state index contributed by atoms with van der Waals surface area (Å²) >= 11 is 3.81. The highest BCUT2D eigenvalue weighted by molar-refractivity contribution is 7.96. The number of carbonyl (C=O) groups excluding carboxylic acids is 5. The fraction of sp³-hybridized carbons (Fsp3) is 0.393. The molecule has 0 spiro atoms. The van der Waals surface area contributed by atoms with E-state index in [-0.39, 0.29) is 31.4 Å². The molecule has 0 aliphatic heterocycles. The van der Waals surface area contributed by atoms with Crippen LogP contribution in [0.3, 0.4) is 0 Å². The van der Waals surface area contributed by atoms with E-state index < -0.39 is 41.1 Å². The van der Waals surface area contributed by atoms with Gasteiger partial charge in [0, 0.05) is 19.9 Å². The molecule has 2 rings (SSSR count). The molecule has 0 aliphatic carbocycles. The Morgan fingerprint density at radius 1 is 0.769 bits per heavy atom. The predicted molar refractivity (Wildman–Crippen MR) is 150 cm³/mol. The molecule has 39 heavy (non-hydrogen) atoms. The first kappa shape index (κ1) is 31.4. The van der Waals surface area contributed by atoms with E-state index in [9.17, 15) is 24.0 Å². The zero-order valence-electron chi connectivity index (χ0n) is 22.3. The second-order valence-electron chi connectivity index (χ2n) is 9.48. The molecule has 0 bridgehead atoms. The smallest absolute Gasteiger partial charge is 0.408 e. The van der Waals surface area contributed by atoms with E-state index in [0.29, 0.717) is 6.42 Å². The van der Waals surface area contributed by atoms with Gasteiger partial charge in [-0.05, 0) is 23.5 Å². The van der Waals surface area contributed by atoms with E-state index in [4.69, 9.17) is 4.74 Å². The Bertz CT molecular complexity index is 1110. The summed E-state index contributed by atoms with van der Waals surface area (Å²) in [4.78, 5) is 62.3. The van der Waals surface area contributed by atoms with Gasteiger partial charge in [0.2, 0.25) is 22.8 Å². The van der Waals surface area contributed by atoms with Gasteiger partial charge in [0.1, 0.15) is 24.7 Å². The molecule has 0 aromatic heterocycles. The molecular formula is C28H36N4O6S. The first-order chi connectivity index (χ1) is 18.5. The number of carbonyl (C=O) groups is 5. The Morgan fingerprint density at radius 3 is 1.85 bits per heavy atom. The van der Waals surface area contributed by atoms with Crippen LogP contribution in [0, 0.1) is 5.92 Å². The van der Waals surface area contributed by atoms with Gasteiger partial charge in [0.15, 0.2) is 0 Å². The number of nitrogens with one attached hydrogen (secondary N) is 4. The number of ether oxygens (including phenoxy) is 1. The van der Waals surface area contributed by atoms with Gasteiger partial charge in [-0.2, -0.15) is 0 Å². The highest BCUT2D eigenvalue weighted by atomic mass is 32.1. The van der Waals surface area contributed by atoms with E-state index in [1.807, 2.05) is 50.2 Å². The van der Waals surface area contributed by atoms with E-state index in [1.54, 1.807) is 24.3 Å². The number of amides is 4. The number of thiol groups is 1. The lowest BCUT2D eigenvalue weighted by atomic mass is 10.0. The first-order valence-corrected chi connectivity index (χ1v) is 13.1. The minimum absolute atomic E-state index is 0.0369. The second-order valence-corrected chi connectivity index (χ2v) is 9.92. The van der Waals surface area contributed by atoms with Crippen molar-refractivity contribution in [1.29, 1.82) is 0 Å². The van der Waals surface area contributed by atoms with Gasteiger partial charge < -0.3 is 26.0 Å². The van der Waals surface area contributed by atoms with Crippen LogP contribution in [0.5, 0.6) is 0 Å². The number of rotatable bonds is 14. The summed E-state index contributed by atoms with van der Waals surface area (Å²) in [6, 6.07) is 15.0. The maximum absolute atomic E-state index is 13.3. The highest BCUT2D eigenvalue weighted by Crippen LogP contribution is 2.09. The zero-order valence-corrected chi connectivity index (χ0v) is 23.2. The summed E-state index contributed by atoms with van der Waals surface area (Å²) in [5.74, 6) is -1.55. The van der Waals surface area contributed by atoms with Crippen LogP contribution < -0.4 is 21.3 Å². The lowest BCUT2D eigenvalue weighted by Crippen LogP contribution is -2.57. The Morgan fingerprint density at radius 2 is 1.31 bits per heavy atom. The summed E-state index contributed by atoms with van der Waals surface area (Å²) in [6.07, 6.45) is -0.342. The standard InChI is InChI=1S/C28H36N4O6S/c1-18(2)14-22(32-28(37)38-17-21-12-8-5-9-13-21)25(34)30-23(15-20-10-6-4-7-11-20)26(35)31-24(27(36)39)16-29-19(3)33/h4-13,18,22-24H,14-17H2,1-3H3,(H,29,33)(H,30,34)(H,31,35)(H,32,37)(H,36,39)/t22-,23-,24-/m0/s1. The van der Waals surface area contributed by atoms with Crippen molar-refractivity contribution < 1.29 is 28.7 Å². The molecule has 4 amide bonds. The van der Waals surface area contributed by atoms with E-state index in [0.717, 1.165) is 11.1 Å². The van der Waals surface area contributed by atoms with Crippen LogP contribution in [0.2, 0.25) is 0 Å². The normalized spacial score (nSPS) is 12.9. The molecule has 0 unspecified atom stereocenters. The maximum atomic E-state index is 13.3. The lowest BCUT2D eigenvalue weighted by Gasteiger charge is -2.25. The molecule has 4 N–H and O–H groups in total. The summed E-state index contributed by atoms with van der Waals surface area (Å²) < 4.78 is 5.27. The van der Waals surface area contributed by atoms with Crippen LogP contribution in [0.1, 0.15) is 38.3 Å². The Balaban J connectivity index is 2.15. The molecule has 3 atom stereocenters. The minimum atomic E-state index is -1.10. The quantitative estimate of drug-likeness (QED) is 0.226. The first-order valence-electron chi connectivity index (χ1n) is 12.6. The average molecular weight is 557 g/mol. The van der Waals surface area contributed by atoms with E-state index >= 15 is 0 Å². The fourth-order valence-corrected chi connectivity index (χ4v) is 3.82. The van der Waals surface area contributed by atoms with E-state index in [1.165, 1.54) is 6.92 Å². The van der Waals surface area contributed by atoms with Crippen LogP contribution in [-0.2, 0) is 36.9 Å². The summed E-state index contributed by atoms with van der Waals surface area (Å²) in [5.41, 5.74) is 1.56. The van der Waals surface area contributed by atoms with Crippen LogP contribution in [0.15, 0.2) is 60.7 Å². The third-order valence-corrected chi connectivity index (χ3v) is 5.93. The zero-order chi connectivity index (χ0) is 28.8. The summed E-state index contributed by atoms with van der Waals surface area (Å²) in [5, 5.41) is 9.69. The van der Waals surface area contributed by atoms with Crippen molar-refractivity contribution in [2.75, 3.05) is 6.54 Å². The summed E-state index contributed by atoms with van der Waals surface area (Å²) in [6.45, 7) is 4.97. The number of hydrogen-bond donors (Lipinski definition) is 5. The molecule has 0 fully saturated rings. The van der Waals surface area contributed by atoms with Crippen LogP contribution in [0.4, 0.5) is 4.79 Å². The van der Waals surface area contributed by atoms with Crippen molar-refractivity contribution in [3.63, 3.8) is 0 Å². The molecule has 11 heteroatoms. The molecule has 0 saturated carbocycles. The van der Waals surface area contributed by atoms with Crippen molar-refractivity contribution in [1.82, 2.24) is 21.3 Å². The molecular weight excluding hydrogens is 520 g/mol. The van der Waals surface area contributed by atoms with E-state index in [2.05, 4.69) is 33.9 Å². The topological polar surface area (TPSA) is 143 Å². The van der Waals surface area contributed by atoms with Crippen molar-refractivity contribution in [3.8, 4) is 0 Å².